The first-order valence-corrected chi connectivity index (χ1v) is 5.47. The molecule has 2 rings (SSSR count). The van der Waals surface area contributed by atoms with Crippen molar-refractivity contribution in [2.45, 2.75) is 25.3 Å². The molecule has 2 aliphatic rings. The molecule has 2 N–H and O–H groups in total. The molecule has 0 spiro atoms. The van der Waals surface area contributed by atoms with Crippen molar-refractivity contribution >= 4 is 6.03 Å². The highest BCUT2D eigenvalue weighted by Crippen LogP contribution is 2.18. The summed E-state index contributed by atoms with van der Waals surface area (Å²) in [6.07, 6.45) is 3.51. The summed E-state index contributed by atoms with van der Waals surface area (Å²) in [6.45, 7) is 3.10. The maximum atomic E-state index is 11.3. The van der Waals surface area contributed by atoms with Crippen molar-refractivity contribution < 1.29 is 4.79 Å². The number of carbonyl (C=O) groups is 1. The van der Waals surface area contributed by atoms with Crippen LogP contribution in [0.1, 0.15) is 19.3 Å². The Bertz CT molecular complexity index is 215. The average Bonchev–Trinajstić information content (AvgIpc) is 2.85. The van der Waals surface area contributed by atoms with E-state index in [1.807, 2.05) is 0 Å². The van der Waals surface area contributed by atoms with Gasteiger partial charge in [-0.15, -0.1) is 0 Å². The third-order valence-corrected chi connectivity index (χ3v) is 2.95. The molecule has 1 saturated heterocycles. The molecule has 0 aromatic heterocycles. The molecule has 1 aliphatic heterocycles. The average molecular weight is 197 g/mol. The van der Waals surface area contributed by atoms with E-state index < -0.39 is 0 Å². The highest BCUT2D eigenvalue weighted by molar-refractivity contribution is 5.74. The molecule has 2 amide bonds. The van der Waals surface area contributed by atoms with Gasteiger partial charge < -0.3 is 15.5 Å². The zero-order chi connectivity index (χ0) is 9.97. The molecule has 1 unspecified atom stereocenters. The Labute approximate surface area is 85.0 Å². The van der Waals surface area contributed by atoms with Crippen LogP contribution in [0.5, 0.6) is 0 Å². The van der Waals surface area contributed by atoms with Gasteiger partial charge in [0.05, 0.1) is 0 Å². The molecule has 4 nitrogen and oxygen atoms in total. The van der Waals surface area contributed by atoms with Crippen LogP contribution in [0.4, 0.5) is 4.79 Å². The normalized spacial score (nSPS) is 27.6. The first-order valence-electron chi connectivity index (χ1n) is 5.47. The molecular formula is C10H19N3O. The fourth-order valence-corrected chi connectivity index (χ4v) is 1.89. The van der Waals surface area contributed by atoms with Crippen molar-refractivity contribution in [3.05, 3.63) is 0 Å². The molecule has 14 heavy (non-hydrogen) atoms. The lowest BCUT2D eigenvalue weighted by atomic mass is 10.1. The van der Waals surface area contributed by atoms with Gasteiger partial charge in [-0.05, 0) is 38.8 Å². The van der Waals surface area contributed by atoms with Crippen molar-refractivity contribution in [3.63, 3.8) is 0 Å². The SMILES string of the molecule is CN1CCC(CNC(=O)NC2CC2)C1. The molecule has 1 saturated carbocycles. The van der Waals surface area contributed by atoms with Crippen LogP contribution in [0.15, 0.2) is 0 Å². The summed E-state index contributed by atoms with van der Waals surface area (Å²) in [6, 6.07) is 0.475. The number of urea groups is 1. The van der Waals surface area contributed by atoms with Crippen LogP contribution in [0.2, 0.25) is 0 Å². The van der Waals surface area contributed by atoms with Gasteiger partial charge in [-0.25, -0.2) is 4.79 Å². The van der Waals surface area contributed by atoms with Crippen LogP contribution in [-0.4, -0.2) is 43.7 Å². The second-order valence-corrected chi connectivity index (χ2v) is 4.55. The summed E-state index contributed by atoms with van der Waals surface area (Å²) in [7, 11) is 2.13. The first kappa shape index (κ1) is 9.77. The monoisotopic (exact) mass is 197 g/mol. The largest absolute Gasteiger partial charge is 0.338 e. The summed E-state index contributed by atoms with van der Waals surface area (Å²) in [4.78, 5) is 13.6. The Morgan fingerprint density at radius 2 is 2.21 bits per heavy atom. The number of hydrogen-bond acceptors (Lipinski definition) is 2. The van der Waals surface area contributed by atoms with E-state index in [4.69, 9.17) is 0 Å². The van der Waals surface area contributed by atoms with E-state index in [-0.39, 0.29) is 6.03 Å². The quantitative estimate of drug-likeness (QED) is 0.688. The van der Waals surface area contributed by atoms with Crippen molar-refractivity contribution in [2.75, 3.05) is 26.7 Å². The fraction of sp³-hybridized carbons (Fsp3) is 0.900. The molecule has 1 aliphatic carbocycles. The Kier molecular flexibility index (Phi) is 2.91. The minimum absolute atomic E-state index is 0.0158. The molecule has 2 fully saturated rings. The third-order valence-electron chi connectivity index (χ3n) is 2.95. The fourth-order valence-electron chi connectivity index (χ4n) is 1.89. The smallest absolute Gasteiger partial charge is 0.315 e. The van der Waals surface area contributed by atoms with Crippen LogP contribution >= 0.6 is 0 Å². The minimum atomic E-state index is 0.0158. The maximum absolute atomic E-state index is 11.3. The molecule has 4 heteroatoms. The van der Waals surface area contributed by atoms with Gasteiger partial charge >= 0.3 is 6.03 Å². The number of nitrogens with zero attached hydrogens (tertiary/aromatic N) is 1. The highest BCUT2D eigenvalue weighted by atomic mass is 16.2. The summed E-state index contributed by atoms with van der Waals surface area (Å²) < 4.78 is 0. The van der Waals surface area contributed by atoms with Crippen LogP contribution in [0, 0.1) is 5.92 Å². The van der Waals surface area contributed by atoms with Crippen LogP contribution < -0.4 is 10.6 Å². The van der Waals surface area contributed by atoms with E-state index >= 15 is 0 Å². The van der Waals surface area contributed by atoms with Crippen LogP contribution in [0.3, 0.4) is 0 Å². The minimum Gasteiger partial charge on any atom is -0.338 e. The van der Waals surface area contributed by atoms with Gasteiger partial charge in [0.2, 0.25) is 0 Å². The molecular weight excluding hydrogens is 178 g/mol. The number of carbonyl (C=O) groups excluding carboxylic acids is 1. The maximum Gasteiger partial charge on any atom is 0.315 e. The molecule has 0 aromatic carbocycles. The molecule has 1 heterocycles. The van der Waals surface area contributed by atoms with E-state index in [1.54, 1.807) is 0 Å². The molecule has 80 valence electrons. The summed E-state index contributed by atoms with van der Waals surface area (Å²) in [5.41, 5.74) is 0. The highest BCUT2D eigenvalue weighted by Gasteiger charge is 2.24. The predicted molar refractivity (Wildman–Crippen MR) is 55.2 cm³/mol. The molecule has 0 bridgehead atoms. The molecule has 0 aromatic rings. The Hall–Kier alpha value is -0.770. The van der Waals surface area contributed by atoms with Crippen molar-refractivity contribution in [1.82, 2.24) is 15.5 Å². The summed E-state index contributed by atoms with van der Waals surface area (Å²) in [5.74, 6) is 0.643. The first-order chi connectivity index (χ1) is 6.74. The number of amides is 2. The Balaban J connectivity index is 1.59. The van der Waals surface area contributed by atoms with Crippen LogP contribution in [0.25, 0.3) is 0 Å². The Morgan fingerprint density at radius 3 is 2.79 bits per heavy atom. The zero-order valence-corrected chi connectivity index (χ0v) is 8.75. The summed E-state index contributed by atoms with van der Waals surface area (Å²) >= 11 is 0. The van der Waals surface area contributed by atoms with E-state index in [1.165, 1.54) is 6.42 Å². The van der Waals surface area contributed by atoms with Gasteiger partial charge in [0.1, 0.15) is 0 Å². The lowest BCUT2D eigenvalue weighted by molar-refractivity contribution is 0.238. The van der Waals surface area contributed by atoms with Gasteiger partial charge in [-0.1, -0.05) is 0 Å². The van der Waals surface area contributed by atoms with E-state index in [0.717, 1.165) is 32.5 Å². The van der Waals surface area contributed by atoms with E-state index in [9.17, 15) is 4.79 Å². The van der Waals surface area contributed by atoms with Gasteiger partial charge in [-0.3, -0.25) is 0 Å². The topological polar surface area (TPSA) is 44.4 Å². The van der Waals surface area contributed by atoms with Gasteiger partial charge in [0.15, 0.2) is 0 Å². The molecule has 1 atom stereocenters. The van der Waals surface area contributed by atoms with Crippen molar-refractivity contribution in [2.24, 2.45) is 5.92 Å². The lowest BCUT2D eigenvalue weighted by Crippen LogP contribution is -2.39. The zero-order valence-electron chi connectivity index (χ0n) is 8.75. The van der Waals surface area contributed by atoms with Gasteiger partial charge in [-0.2, -0.15) is 0 Å². The number of rotatable bonds is 3. The standard InChI is InChI=1S/C10H19N3O/c1-13-5-4-8(7-13)6-11-10(14)12-9-2-3-9/h8-9H,2-7H2,1H3,(H2,11,12,14). The number of hydrogen-bond donors (Lipinski definition) is 2. The third kappa shape index (κ3) is 2.87. The van der Waals surface area contributed by atoms with Crippen molar-refractivity contribution in [3.8, 4) is 0 Å². The van der Waals surface area contributed by atoms with Gasteiger partial charge in [0.25, 0.3) is 0 Å². The van der Waals surface area contributed by atoms with Crippen molar-refractivity contribution in [1.29, 1.82) is 0 Å². The molecule has 0 radical (unpaired) electrons. The summed E-state index contributed by atoms with van der Waals surface area (Å²) in [5, 5.41) is 5.87. The second kappa shape index (κ2) is 4.17. The van der Waals surface area contributed by atoms with E-state index in [2.05, 4.69) is 22.6 Å². The van der Waals surface area contributed by atoms with E-state index in [0.29, 0.717) is 12.0 Å². The lowest BCUT2D eigenvalue weighted by Gasteiger charge is -2.12. The number of likely N-dealkylation sites (tertiary alicyclic amines) is 1. The van der Waals surface area contributed by atoms with Gasteiger partial charge in [0, 0.05) is 19.1 Å². The van der Waals surface area contributed by atoms with Crippen LogP contribution in [-0.2, 0) is 0 Å². The number of nitrogens with one attached hydrogen (secondary N) is 2. The Morgan fingerprint density at radius 1 is 1.43 bits per heavy atom. The second-order valence-electron chi connectivity index (χ2n) is 4.55. The predicted octanol–water partition coefficient (Wildman–Crippen LogP) is 0.400.